The zero-order valence-electron chi connectivity index (χ0n) is 13.1. The number of rotatable bonds is 3. The number of fused-ring (bicyclic) bond motifs is 1. The molecule has 1 aliphatic carbocycles. The van der Waals surface area contributed by atoms with Gasteiger partial charge in [0.25, 0.3) is 0 Å². The predicted octanol–water partition coefficient (Wildman–Crippen LogP) is 4.11. The highest BCUT2D eigenvalue weighted by atomic mass is 15.3. The largest absolute Gasteiger partial charge is 0.308 e. The molecule has 0 spiro atoms. The summed E-state index contributed by atoms with van der Waals surface area (Å²) in [6.07, 6.45) is 10.2. The minimum Gasteiger partial charge on any atom is -0.308 e. The van der Waals surface area contributed by atoms with E-state index in [-0.39, 0.29) is 6.04 Å². The smallest absolute Gasteiger partial charge is 0.0914 e. The molecule has 3 heteroatoms. The number of nitrogens with one attached hydrogen (secondary N) is 1. The third-order valence-corrected chi connectivity index (χ3v) is 4.55. The average Bonchev–Trinajstić information content (AvgIpc) is 2.80. The van der Waals surface area contributed by atoms with Crippen molar-refractivity contribution in [1.29, 1.82) is 0 Å². The second-order valence-electron chi connectivity index (χ2n) is 5.98. The van der Waals surface area contributed by atoms with Crippen molar-refractivity contribution in [1.82, 2.24) is 15.1 Å². The predicted molar refractivity (Wildman–Crippen MR) is 88.3 cm³/mol. The van der Waals surface area contributed by atoms with Gasteiger partial charge < -0.3 is 5.32 Å². The molecule has 0 fully saturated rings. The molecule has 1 aromatic heterocycles. The molecule has 0 bridgehead atoms. The molecule has 112 valence electrons. The molecule has 2 aromatic rings. The van der Waals surface area contributed by atoms with Crippen LogP contribution in [0.5, 0.6) is 0 Å². The summed E-state index contributed by atoms with van der Waals surface area (Å²) in [5, 5.41) is 9.57. The number of para-hydroxylation sites is 1. The van der Waals surface area contributed by atoms with Crippen LogP contribution in [0.1, 0.15) is 50.3 Å². The van der Waals surface area contributed by atoms with Crippen LogP contribution in [0.25, 0.3) is 10.9 Å². The van der Waals surface area contributed by atoms with Crippen LogP contribution in [0, 0.1) is 0 Å². The molecular formula is C18H25N3. The number of nitrogens with zero attached hydrogens (tertiary/aromatic N) is 2. The molecule has 0 aliphatic heterocycles. The molecule has 0 saturated heterocycles. The number of allylic oxidation sites excluding steroid dienone is 1. The Morgan fingerprint density at radius 2 is 1.95 bits per heavy atom. The van der Waals surface area contributed by atoms with E-state index in [0.717, 1.165) is 0 Å². The zero-order valence-corrected chi connectivity index (χ0v) is 13.1. The number of benzene rings is 1. The summed E-state index contributed by atoms with van der Waals surface area (Å²) in [6, 6.07) is 8.76. The maximum atomic E-state index is 4.80. The quantitative estimate of drug-likeness (QED) is 0.859. The van der Waals surface area contributed by atoms with Gasteiger partial charge in [0, 0.05) is 12.4 Å². The summed E-state index contributed by atoms with van der Waals surface area (Å²) >= 11 is 0. The molecule has 0 saturated carbocycles. The van der Waals surface area contributed by atoms with Crippen molar-refractivity contribution in [2.75, 3.05) is 7.05 Å². The molecule has 1 unspecified atom stereocenters. The van der Waals surface area contributed by atoms with Crippen LogP contribution in [0.4, 0.5) is 0 Å². The van der Waals surface area contributed by atoms with Crippen molar-refractivity contribution in [2.45, 2.75) is 44.6 Å². The van der Waals surface area contributed by atoms with Crippen molar-refractivity contribution in [3.63, 3.8) is 0 Å². The van der Waals surface area contributed by atoms with E-state index in [2.05, 4.69) is 35.7 Å². The van der Waals surface area contributed by atoms with E-state index in [1.54, 1.807) is 0 Å². The molecule has 1 aliphatic rings. The zero-order chi connectivity index (χ0) is 14.7. The Morgan fingerprint density at radius 3 is 2.81 bits per heavy atom. The lowest BCUT2D eigenvalue weighted by atomic mass is 9.92. The highest BCUT2D eigenvalue weighted by Crippen LogP contribution is 2.31. The van der Waals surface area contributed by atoms with Crippen molar-refractivity contribution in [2.24, 2.45) is 7.05 Å². The van der Waals surface area contributed by atoms with Gasteiger partial charge in [-0.15, -0.1) is 0 Å². The fourth-order valence-electron chi connectivity index (χ4n) is 3.43. The lowest BCUT2D eigenvalue weighted by Crippen LogP contribution is -2.20. The third kappa shape index (κ3) is 2.88. The average molecular weight is 283 g/mol. The first-order chi connectivity index (χ1) is 10.3. The molecule has 1 heterocycles. The van der Waals surface area contributed by atoms with E-state index >= 15 is 0 Å². The number of aromatic nitrogens is 2. The van der Waals surface area contributed by atoms with E-state index in [1.165, 1.54) is 60.7 Å². The number of hydrogen-bond acceptors (Lipinski definition) is 2. The second-order valence-corrected chi connectivity index (χ2v) is 5.98. The lowest BCUT2D eigenvalue weighted by molar-refractivity contribution is 0.563. The van der Waals surface area contributed by atoms with E-state index in [9.17, 15) is 0 Å². The Hall–Kier alpha value is -1.61. The highest BCUT2D eigenvalue weighted by molar-refractivity contribution is 5.82. The minimum atomic E-state index is 0.245. The Morgan fingerprint density at radius 1 is 1.14 bits per heavy atom. The molecule has 21 heavy (non-hydrogen) atoms. The van der Waals surface area contributed by atoms with E-state index < -0.39 is 0 Å². The van der Waals surface area contributed by atoms with Crippen LogP contribution in [-0.2, 0) is 7.05 Å². The van der Waals surface area contributed by atoms with E-state index in [0.29, 0.717) is 0 Å². The molecule has 1 aromatic carbocycles. The summed E-state index contributed by atoms with van der Waals surface area (Å²) in [5.41, 5.74) is 3.89. The lowest BCUT2D eigenvalue weighted by Gasteiger charge is -2.20. The van der Waals surface area contributed by atoms with Crippen LogP contribution >= 0.6 is 0 Å². The van der Waals surface area contributed by atoms with Gasteiger partial charge in [0.05, 0.1) is 17.3 Å². The maximum absolute atomic E-state index is 4.80. The summed E-state index contributed by atoms with van der Waals surface area (Å²) in [6.45, 7) is 0. The van der Waals surface area contributed by atoms with Gasteiger partial charge in [-0.05, 0) is 38.8 Å². The van der Waals surface area contributed by atoms with Gasteiger partial charge in [0.15, 0.2) is 0 Å². The fraction of sp³-hybridized carbons (Fsp3) is 0.500. The van der Waals surface area contributed by atoms with Gasteiger partial charge in [-0.1, -0.05) is 42.7 Å². The third-order valence-electron chi connectivity index (χ3n) is 4.55. The van der Waals surface area contributed by atoms with Crippen LogP contribution in [0.2, 0.25) is 0 Å². The van der Waals surface area contributed by atoms with E-state index in [1.807, 2.05) is 18.8 Å². The Bertz CT molecular complexity index is 639. The molecule has 1 N–H and O–H groups in total. The van der Waals surface area contributed by atoms with Gasteiger partial charge in [0.1, 0.15) is 0 Å². The van der Waals surface area contributed by atoms with Gasteiger partial charge >= 0.3 is 0 Å². The first kappa shape index (κ1) is 14.3. The molecule has 3 rings (SSSR count). The summed E-state index contributed by atoms with van der Waals surface area (Å²) in [4.78, 5) is 0. The van der Waals surface area contributed by atoms with Crippen LogP contribution in [0.15, 0.2) is 35.9 Å². The fourth-order valence-corrected chi connectivity index (χ4v) is 3.43. The SMILES string of the molecule is CNC(/C1=C/CCCCCC1)c1nn(C)c2ccccc12. The topological polar surface area (TPSA) is 29.9 Å². The van der Waals surface area contributed by atoms with E-state index in [4.69, 9.17) is 5.10 Å². The standard InChI is InChI=1S/C18H25N3/c1-19-17(14-10-6-4-3-5-7-11-14)18-15-12-8-9-13-16(15)21(2)20-18/h8-10,12-13,17,19H,3-7,11H2,1-2H3/b14-10+. The summed E-state index contributed by atoms with van der Waals surface area (Å²) in [5.74, 6) is 0. The second kappa shape index (κ2) is 6.44. The number of likely N-dealkylation sites (N-methyl/N-ethyl adjacent to an activating group) is 1. The monoisotopic (exact) mass is 283 g/mol. The molecular weight excluding hydrogens is 258 g/mol. The van der Waals surface area contributed by atoms with Gasteiger partial charge in [-0.3, -0.25) is 4.68 Å². The Balaban J connectivity index is 2.01. The molecule has 3 nitrogen and oxygen atoms in total. The normalized spacial score (nSPS) is 20.6. The van der Waals surface area contributed by atoms with Gasteiger partial charge in [0.2, 0.25) is 0 Å². The van der Waals surface area contributed by atoms with Gasteiger partial charge in [-0.2, -0.15) is 5.10 Å². The highest BCUT2D eigenvalue weighted by Gasteiger charge is 2.21. The van der Waals surface area contributed by atoms with Crippen molar-refractivity contribution < 1.29 is 0 Å². The minimum absolute atomic E-state index is 0.245. The molecule has 0 radical (unpaired) electrons. The van der Waals surface area contributed by atoms with Crippen molar-refractivity contribution in [3.05, 3.63) is 41.6 Å². The summed E-state index contributed by atoms with van der Waals surface area (Å²) in [7, 11) is 4.08. The molecule has 0 amide bonds. The number of aryl methyl sites for hydroxylation is 1. The summed E-state index contributed by atoms with van der Waals surface area (Å²) < 4.78 is 2.00. The molecule has 1 atom stereocenters. The van der Waals surface area contributed by atoms with Crippen LogP contribution in [0.3, 0.4) is 0 Å². The Kier molecular flexibility index (Phi) is 4.39. The van der Waals surface area contributed by atoms with Crippen molar-refractivity contribution in [3.8, 4) is 0 Å². The van der Waals surface area contributed by atoms with Crippen LogP contribution in [-0.4, -0.2) is 16.8 Å². The van der Waals surface area contributed by atoms with Gasteiger partial charge in [-0.25, -0.2) is 0 Å². The number of hydrogen-bond donors (Lipinski definition) is 1. The maximum Gasteiger partial charge on any atom is 0.0914 e. The first-order valence-corrected chi connectivity index (χ1v) is 8.09. The van der Waals surface area contributed by atoms with Crippen molar-refractivity contribution >= 4 is 10.9 Å². The van der Waals surface area contributed by atoms with Crippen LogP contribution < -0.4 is 5.32 Å². The Labute approximate surface area is 127 Å². The first-order valence-electron chi connectivity index (χ1n) is 8.09.